The molecule has 2 aromatic rings. The van der Waals surface area contributed by atoms with Crippen molar-refractivity contribution in [3.63, 3.8) is 0 Å². The van der Waals surface area contributed by atoms with Crippen LogP contribution in [0.15, 0.2) is 24.5 Å². The van der Waals surface area contributed by atoms with Crippen LogP contribution < -0.4 is 5.32 Å². The van der Waals surface area contributed by atoms with E-state index in [1.54, 1.807) is 6.33 Å². The Labute approximate surface area is 131 Å². The van der Waals surface area contributed by atoms with Gasteiger partial charge in [-0.3, -0.25) is 0 Å². The molecule has 0 saturated heterocycles. The minimum absolute atomic E-state index is 0.143. The van der Waals surface area contributed by atoms with Crippen LogP contribution in [-0.2, 0) is 6.42 Å². The summed E-state index contributed by atoms with van der Waals surface area (Å²) < 4.78 is 1.96. The van der Waals surface area contributed by atoms with Crippen LogP contribution in [0.5, 0.6) is 0 Å². The molecule has 1 aromatic carbocycles. The number of benzene rings is 1. The fraction of sp³-hybridized carbons (Fsp3) is 0.500. The molecule has 0 fully saturated rings. The molecular formula is C16H23ClN4. The van der Waals surface area contributed by atoms with E-state index in [1.807, 2.05) is 17.7 Å². The van der Waals surface area contributed by atoms with Crippen LogP contribution in [0.4, 0.5) is 0 Å². The molecule has 0 spiro atoms. The maximum absolute atomic E-state index is 6.42. The highest BCUT2D eigenvalue weighted by atomic mass is 35.5. The highest BCUT2D eigenvalue weighted by Gasteiger charge is 2.18. The summed E-state index contributed by atoms with van der Waals surface area (Å²) in [4.78, 5) is 4.40. The summed E-state index contributed by atoms with van der Waals surface area (Å²) in [6.45, 7) is 9.25. The van der Waals surface area contributed by atoms with Crippen molar-refractivity contribution < 1.29 is 0 Å². The van der Waals surface area contributed by atoms with E-state index >= 15 is 0 Å². The number of aryl methyl sites for hydroxylation is 1. The average molecular weight is 307 g/mol. The van der Waals surface area contributed by atoms with Crippen LogP contribution in [0.1, 0.15) is 49.8 Å². The summed E-state index contributed by atoms with van der Waals surface area (Å²) in [5, 5.41) is 8.60. The summed E-state index contributed by atoms with van der Waals surface area (Å²) in [7, 11) is 0. The van der Waals surface area contributed by atoms with Crippen molar-refractivity contribution >= 4 is 11.6 Å². The predicted octanol–water partition coefficient (Wildman–Crippen LogP) is 3.71. The Kier molecular flexibility index (Phi) is 5.37. The van der Waals surface area contributed by atoms with Gasteiger partial charge in [-0.25, -0.2) is 9.67 Å². The highest BCUT2D eigenvalue weighted by molar-refractivity contribution is 6.31. The number of hydrogen-bond acceptors (Lipinski definition) is 3. The standard InChI is InChI=1S/C16H23ClN4/c1-5-18-15(13-7-6-12(4)8-14(13)17)9-16-19-10-20-21(16)11(2)3/h6-8,10-11,15,18H,5,9H2,1-4H3. The lowest BCUT2D eigenvalue weighted by Crippen LogP contribution is -2.25. The molecule has 0 amide bonds. The molecule has 0 aliphatic carbocycles. The zero-order valence-electron chi connectivity index (χ0n) is 13.1. The van der Waals surface area contributed by atoms with Gasteiger partial charge in [-0.05, 0) is 44.5 Å². The molecule has 0 aliphatic heterocycles. The Hall–Kier alpha value is -1.39. The molecule has 5 heteroatoms. The van der Waals surface area contributed by atoms with Gasteiger partial charge in [0.05, 0.1) is 0 Å². The van der Waals surface area contributed by atoms with Crippen LogP contribution in [0.25, 0.3) is 0 Å². The summed E-state index contributed by atoms with van der Waals surface area (Å²) in [6.07, 6.45) is 2.39. The van der Waals surface area contributed by atoms with E-state index in [2.05, 4.69) is 48.3 Å². The monoisotopic (exact) mass is 306 g/mol. The topological polar surface area (TPSA) is 42.7 Å². The Morgan fingerprint density at radius 1 is 1.33 bits per heavy atom. The van der Waals surface area contributed by atoms with Crippen LogP contribution in [0, 0.1) is 6.92 Å². The van der Waals surface area contributed by atoms with E-state index in [1.165, 1.54) is 5.56 Å². The van der Waals surface area contributed by atoms with Crippen molar-refractivity contribution in [2.75, 3.05) is 6.54 Å². The van der Waals surface area contributed by atoms with Crippen molar-refractivity contribution in [1.29, 1.82) is 0 Å². The van der Waals surface area contributed by atoms with Gasteiger partial charge in [0.25, 0.3) is 0 Å². The zero-order chi connectivity index (χ0) is 15.4. The van der Waals surface area contributed by atoms with Crippen molar-refractivity contribution in [2.45, 2.75) is 46.2 Å². The Bertz CT molecular complexity index is 592. The van der Waals surface area contributed by atoms with Crippen LogP contribution in [-0.4, -0.2) is 21.3 Å². The molecule has 0 radical (unpaired) electrons. The summed E-state index contributed by atoms with van der Waals surface area (Å²) in [5.41, 5.74) is 2.28. The van der Waals surface area contributed by atoms with E-state index in [0.29, 0.717) is 6.04 Å². The number of likely N-dealkylation sites (N-methyl/N-ethyl adjacent to an activating group) is 1. The maximum atomic E-state index is 6.42. The van der Waals surface area contributed by atoms with Crippen molar-refractivity contribution in [3.05, 3.63) is 46.5 Å². The molecule has 1 N–H and O–H groups in total. The Balaban J connectivity index is 2.28. The predicted molar refractivity (Wildman–Crippen MR) is 86.7 cm³/mol. The number of nitrogens with zero attached hydrogens (tertiary/aromatic N) is 3. The SMILES string of the molecule is CCNC(Cc1ncnn1C(C)C)c1ccc(C)cc1Cl. The molecule has 1 atom stereocenters. The van der Waals surface area contributed by atoms with Crippen molar-refractivity contribution in [2.24, 2.45) is 0 Å². The zero-order valence-corrected chi connectivity index (χ0v) is 13.9. The van der Waals surface area contributed by atoms with Crippen molar-refractivity contribution in [3.8, 4) is 0 Å². The number of aromatic nitrogens is 3. The van der Waals surface area contributed by atoms with Gasteiger partial charge in [0.1, 0.15) is 12.2 Å². The second-order valence-electron chi connectivity index (χ2n) is 5.55. The normalized spacial score (nSPS) is 12.9. The fourth-order valence-electron chi connectivity index (χ4n) is 2.49. The third kappa shape index (κ3) is 3.83. The van der Waals surface area contributed by atoms with E-state index < -0.39 is 0 Å². The minimum Gasteiger partial charge on any atom is -0.310 e. The van der Waals surface area contributed by atoms with E-state index in [0.717, 1.165) is 29.4 Å². The number of hydrogen-bond donors (Lipinski definition) is 1. The number of halogens is 1. The highest BCUT2D eigenvalue weighted by Crippen LogP contribution is 2.26. The maximum Gasteiger partial charge on any atom is 0.138 e. The molecule has 1 unspecified atom stereocenters. The van der Waals surface area contributed by atoms with E-state index in [9.17, 15) is 0 Å². The number of rotatable bonds is 6. The van der Waals surface area contributed by atoms with Gasteiger partial charge in [0.2, 0.25) is 0 Å². The first-order chi connectivity index (χ1) is 10.0. The molecule has 2 rings (SSSR count). The van der Waals surface area contributed by atoms with Crippen molar-refractivity contribution in [1.82, 2.24) is 20.1 Å². The van der Waals surface area contributed by atoms with Gasteiger partial charge in [0.15, 0.2) is 0 Å². The first-order valence-electron chi connectivity index (χ1n) is 7.40. The van der Waals surface area contributed by atoms with Gasteiger partial charge >= 0.3 is 0 Å². The lowest BCUT2D eigenvalue weighted by Gasteiger charge is -2.20. The third-order valence-electron chi connectivity index (χ3n) is 3.50. The molecule has 1 heterocycles. The van der Waals surface area contributed by atoms with Crippen LogP contribution in [0.3, 0.4) is 0 Å². The molecule has 0 saturated carbocycles. The van der Waals surface area contributed by atoms with Crippen LogP contribution >= 0.6 is 11.6 Å². The molecule has 114 valence electrons. The molecule has 0 bridgehead atoms. The average Bonchev–Trinajstić information content (AvgIpc) is 2.86. The lowest BCUT2D eigenvalue weighted by atomic mass is 10.0. The smallest absolute Gasteiger partial charge is 0.138 e. The molecule has 1 aromatic heterocycles. The fourth-order valence-corrected chi connectivity index (χ4v) is 2.85. The minimum atomic E-state index is 0.143. The van der Waals surface area contributed by atoms with Gasteiger partial charge in [0, 0.05) is 23.5 Å². The quantitative estimate of drug-likeness (QED) is 0.884. The molecule has 4 nitrogen and oxygen atoms in total. The third-order valence-corrected chi connectivity index (χ3v) is 3.83. The first kappa shape index (κ1) is 16.0. The molecular weight excluding hydrogens is 284 g/mol. The van der Waals surface area contributed by atoms with Gasteiger partial charge in [-0.15, -0.1) is 0 Å². The first-order valence-corrected chi connectivity index (χ1v) is 7.78. The Morgan fingerprint density at radius 2 is 2.10 bits per heavy atom. The summed E-state index contributed by atoms with van der Waals surface area (Å²) in [5.74, 6) is 0.979. The molecule has 0 aliphatic rings. The van der Waals surface area contributed by atoms with Gasteiger partial charge in [-0.1, -0.05) is 30.7 Å². The van der Waals surface area contributed by atoms with E-state index in [4.69, 9.17) is 11.6 Å². The van der Waals surface area contributed by atoms with Gasteiger partial charge in [-0.2, -0.15) is 5.10 Å². The Morgan fingerprint density at radius 3 is 2.71 bits per heavy atom. The van der Waals surface area contributed by atoms with Crippen LogP contribution in [0.2, 0.25) is 5.02 Å². The van der Waals surface area contributed by atoms with Gasteiger partial charge < -0.3 is 5.32 Å². The summed E-state index contributed by atoms with van der Waals surface area (Å²) in [6, 6.07) is 6.65. The second kappa shape index (κ2) is 7.05. The number of nitrogens with one attached hydrogen (secondary N) is 1. The summed E-state index contributed by atoms with van der Waals surface area (Å²) >= 11 is 6.42. The van der Waals surface area contributed by atoms with E-state index in [-0.39, 0.29) is 6.04 Å². The lowest BCUT2D eigenvalue weighted by molar-refractivity contribution is 0.468. The molecule has 21 heavy (non-hydrogen) atoms. The largest absolute Gasteiger partial charge is 0.310 e. The second-order valence-corrected chi connectivity index (χ2v) is 5.96.